The highest BCUT2D eigenvalue weighted by atomic mass is 35.5. The fourth-order valence-electron chi connectivity index (χ4n) is 1.73. The first-order valence-electron chi connectivity index (χ1n) is 5.70. The van der Waals surface area contributed by atoms with Crippen LogP contribution in [-0.4, -0.2) is 18.5 Å². The van der Waals surface area contributed by atoms with Crippen molar-refractivity contribution >= 4 is 29.1 Å². The number of halogens is 2. The van der Waals surface area contributed by atoms with Gasteiger partial charge in [0.1, 0.15) is 6.61 Å². The Kier molecular flexibility index (Phi) is 3.95. The second-order valence-electron chi connectivity index (χ2n) is 4.53. The van der Waals surface area contributed by atoms with E-state index >= 15 is 0 Å². The molecule has 0 saturated carbocycles. The fourth-order valence-corrected chi connectivity index (χ4v) is 2.11. The van der Waals surface area contributed by atoms with E-state index < -0.39 is 0 Å². The van der Waals surface area contributed by atoms with E-state index in [9.17, 15) is 0 Å². The molecule has 1 aromatic rings. The molecule has 4 heteroatoms. The summed E-state index contributed by atoms with van der Waals surface area (Å²) in [7, 11) is 0. The van der Waals surface area contributed by atoms with Crippen molar-refractivity contribution in [2.24, 2.45) is 10.9 Å². The average Bonchev–Trinajstić information content (AvgIpc) is 2.73. The van der Waals surface area contributed by atoms with Gasteiger partial charge in [-0.2, -0.15) is 0 Å². The van der Waals surface area contributed by atoms with Gasteiger partial charge in [-0.1, -0.05) is 49.2 Å². The summed E-state index contributed by atoms with van der Waals surface area (Å²) in [5.74, 6) is 1.26. The maximum Gasteiger partial charge on any atom is 0.188 e. The predicted octanol–water partition coefficient (Wildman–Crippen LogP) is 3.99. The van der Waals surface area contributed by atoms with Crippen LogP contribution in [0.3, 0.4) is 0 Å². The lowest BCUT2D eigenvalue weighted by atomic mass is 10.1. The third-order valence-electron chi connectivity index (χ3n) is 2.87. The van der Waals surface area contributed by atoms with E-state index in [0.717, 1.165) is 11.5 Å². The van der Waals surface area contributed by atoms with Gasteiger partial charge in [-0.25, -0.2) is 4.99 Å². The Morgan fingerprint density at radius 1 is 1.41 bits per heavy atom. The topological polar surface area (TPSA) is 21.6 Å². The summed E-state index contributed by atoms with van der Waals surface area (Å²) in [6.07, 6.45) is 0.614. The first-order valence-corrected chi connectivity index (χ1v) is 6.46. The van der Waals surface area contributed by atoms with Gasteiger partial charge in [0, 0.05) is 0 Å². The lowest BCUT2D eigenvalue weighted by Gasteiger charge is -2.06. The summed E-state index contributed by atoms with van der Waals surface area (Å²) in [6, 6.07) is 5.88. The molecule has 17 heavy (non-hydrogen) atoms. The summed E-state index contributed by atoms with van der Waals surface area (Å²) in [5.41, 5.74) is 0.960. The Hall–Kier alpha value is -0.730. The summed E-state index contributed by atoms with van der Waals surface area (Å²) in [6.45, 7) is 4.96. The molecular weight excluding hydrogens is 257 g/mol. The van der Waals surface area contributed by atoms with Crippen molar-refractivity contribution in [3.8, 4) is 0 Å². The van der Waals surface area contributed by atoms with E-state index in [1.165, 1.54) is 0 Å². The van der Waals surface area contributed by atoms with E-state index in [0.29, 0.717) is 29.0 Å². The van der Waals surface area contributed by atoms with Gasteiger partial charge in [-0.15, -0.1) is 0 Å². The van der Waals surface area contributed by atoms with Crippen molar-refractivity contribution in [2.75, 3.05) is 6.61 Å². The third kappa shape index (κ3) is 2.93. The molecule has 1 heterocycles. The minimum Gasteiger partial charge on any atom is -0.478 e. The molecular formula is C13H15Cl2NO. The Bertz CT molecular complexity index is 443. The highest BCUT2D eigenvalue weighted by Gasteiger charge is 2.22. The van der Waals surface area contributed by atoms with Crippen LogP contribution in [0.5, 0.6) is 0 Å². The molecule has 92 valence electrons. The zero-order valence-corrected chi connectivity index (χ0v) is 11.4. The quantitative estimate of drug-likeness (QED) is 0.815. The molecule has 0 radical (unpaired) electrons. The number of rotatable bonds is 3. The lowest BCUT2D eigenvalue weighted by molar-refractivity contribution is 0.287. The summed E-state index contributed by atoms with van der Waals surface area (Å²) < 4.78 is 5.57. The first kappa shape index (κ1) is 12.7. The van der Waals surface area contributed by atoms with Gasteiger partial charge in [-0.3, -0.25) is 0 Å². The minimum absolute atomic E-state index is 0.267. The monoisotopic (exact) mass is 271 g/mol. The molecule has 2 rings (SSSR count). The van der Waals surface area contributed by atoms with Crippen LogP contribution in [0.15, 0.2) is 23.2 Å². The van der Waals surface area contributed by atoms with Gasteiger partial charge in [-0.05, 0) is 17.5 Å². The average molecular weight is 272 g/mol. The Morgan fingerprint density at radius 2 is 2.18 bits per heavy atom. The number of aliphatic imine (C=N–C) groups is 1. The van der Waals surface area contributed by atoms with Crippen LogP contribution in [0.2, 0.25) is 10.0 Å². The van der Waals surface area contributed by atoms with Crippen LogP contribution in [0.1, 0.15) is 19.4 Å². The standard InChI is InChI=1S/C13H15Cl2NO/c1-8(2)11-7-17-12(16-11)6-9-4-3-5-10(14)13(9)15/h3-5,8,11H,6-7H2,1-2H3. The van der Waals surface area contributed by atoms with E-state index in [1.807, 2.05) is 12.1 Å². The highest BCUT2D eigenvalue weighted by molar-refractivity contribution is 6.42. The van der Waals surface area contributed by atoms with Crippen LogP contribution in [0.25, 0.3) is 0 Å². The normalized spacial score (nSPS) is 19.4. The van der Waals surface area contributed by atoms with Gasteiger partial charge in [0.05, 0.1) is 22.5 Å². The molecule has 1 atom stereocenters. The molecule has 0 spiro atoms. The molecule has 1 aromatic carbocycles. The van der Waals surface area contributed by atoms with Crippen LogP contribution in [0.4, 0.5) is 0 Å². The van der Waals surface area contributed by atoms with Gasteiger partial charge >= 0.3 is 0 Å². The number of ether oxygens (including phenoxy) is 1. The molecule has 0 aromatic heterocycles. The van der Waals surface area contributed by atoms with Gasteiger partial charge in [0.15, 0.2) is 5.90 Å². The molecule has 0 N–H and O–H groups in total. The molecule has 0 saturated heterocycles. The zero-order chi connectivity index (χ0) is 12.4. The molecule has 0 amide bonds. The van der Waals surface area contributed by atoms with Crippen molar-refractivity contribution in [3.05, 3.63) is 33.8 Å². The molecule has 1 aliphatic heterocycles. The SMILES string of the molecule is CC(C)C1COC(Cc2cccc(Cl)c2Cl)=N1. The van der Waals surface area contributed by atoms with Gasteiger partial charge in [0.25, 0.3) is 0 Å². The largest absolute Gasteiger partial charge is 0.478 e. The second kappa shape index (κ2) is 5.28. The summed E-state index contributed by atoms with van der Waals surface area (Å²) in [5, 5.41) is 1.16. The van der Waals surface area contributed by atoms with E-state index in [4.69, 9.17) is 27.9 Å². The molecule has 2 nitrogen and oxygen atoms in total. The fraction of sp³-hybridized carbons (Fsp3) is 0.462. The molecule has 1 unspecified atom stereocenters. The molecule has 0 bridgehead atoms. The minimum atomic E-state index is 0.267. The van der Waals surface area contributed by atoms with Crippen LogP contribution < -0.4 is 0 Å². The Morgan fingerprint density at radius 3 is 2.82 bits per heavy atom. The predicted molar refractivity (Wildman–Crippen MR) is 72.2 cm³/mol. The molecule has 0 aliphatic carbocycles. The number of benzene rings is 1. The van der Waals surface area contributed by atoms with Crippen LogP contribution in [-0.2, 0) is 11.2 Å². The number of nitrogens with zero attached hydrogens (tertiary/aromatic N) is 1. The smallest absolute Gasteiger partial charge is 0.188 e. The van der Waals surface area contributed by atoms with E-state index in [2.05, 4.69) is 18.8 Å². The van der Waals surface area contributed by atoms with Gasteiger partial charge in [0.2, 0.25) is 0 Å². The van der Waals surface area contributed by atoms with Crippen molar-refractivity contribution < 1.29 is 4.74 Å². The number of hydrogen-bond donors (Lipinski definition) is 0. The third-order valence-corrected chi connectivity index (χ3v) is 3.73. The van der Waals surface area contributed by atoms with Crippen molar-refractivity contribution in [1.29, 1.82) is 0 Å². The molecule has 1 aliphatic rings. The van der Waals surface area contributed by atoms with Crippen LogP contribution >= 0.6 is 23.2 Å². The van der Waals surface area contributed by atoms with E-state index in [-0.39, 0.29) is 6.04 Å². The van der Waals surface area contributed by atoms with Crippen LogP contribution in [0, 0.1) is 5.92 Å². The highest BCUT2D eigenvalue weighted by Crippen LogP contribution is 2.27. The Labute approximate surface area is 112 Å². The van der Waals surface area contributed by atoms with Crippen molar-refractivity contribution in [2.45, 2.75) is 26.3 Å². The maximum absolute atomic E-state index is 6.13. The van der Waals surface area contributed by atoms with Gasteiger partial charge < -0.3 is 4.74 Å². The number of hydrogen-bond acceptors (Lipinski definition) is 2. The van der Waals surface area contributed by atoms with E-state index in [1.54, 1.807) is 6.07 Å². The summed E-state index contributed by atoms with van der Waals surface area (Å²) >= 11 is 12.1. The lowest BCUT2D eigenvalue weighted by Crippen LogP contribution is -2.13. The first-order chi connectivity index (χ1) is 8.08. The zero-order valence-electron chi connectivity index (χ0n) is 9.91. The summed E-state index contributed by atoms with van der Waals surface area (Å²) in [4.78, 5) is 4.55. The van der Waals surface area contributed by atoms with Crippen molar-refractivity contribution in [1.82, 2.24) is 0 Å². The second-order valence-corrected chi connectivity index (χ2v) is 5.32. The van der Waals surface area contributed by atoms with Crippen molar-refractivity contribution in [3.63, 3.8) is 0 Å². The Balaban J connectivity index is 2.12. The maximum atomic E-state index is 6.13. The molecule has 0 fully saturated rings.